The van der Waals surface area contributed by atoms with Crippen LogP contribution in [0, 0.1) is 0 Å². The van der Waals surface area contributed by atoms with Crippen LogP contribution in [0.1, 0.15) is 18.5 Å². The van der Waals surface area contributed by atoms with Gasteiger partial charge in [-0.1, -0.05) is 6.07 Å². The lowest BCUT2D eigenvalue weighted by atomic mass is 10.1. The zero-order valence-corrected chi connectivity index (χ0v) is 11.6. The molecular weight excluding hydrogens is 242 g/mol. The van der Waals surface area contributed by atoms with Gasteiger partial charge in [0.15, 0.2) is 0 Å². The van der Waals surface area contributed by atoms with Crippen LogP contribution in [-0.2, 0) is 9.53 Å². The normalized spacial score (nSPS) is 18.3. The Kier molecular flexibility index (Phi) is 4.87. The summed E-state index contributed by atoms with van der Waals surface area (Å²) in [6.07, 6.45) is 3.70. The van der Waals surface area contributed by atoms with Crippen molar-refractivity contribution >= 4 is 5.91 Å². The van der Waals surface area contributed by atoms with Gasteiger partial charge in [0.1, 0.15) is 6.61 Å². The summed E-state index contributed by atoms with van der Waals surface area (Å²) in [5.41, 5.74) is 1.22. The van der Waals surface area contributed by atoms with Crippen molar-refractivity contribution in [2.24, 2.45) is 0 Å². The van der Waals surface area contributed by atoms with E-state index in [0.29, 0.717) is 6.04 Å². The first-order valence-corrected chi connectivity index (χ1v) is 6.63. The summed E-state index contributed by atoms with van der Waals surface area (Å²) in [6.45, 7) is 5.69. The van der Waals surface area contributed by atoms with E-state index in [2.05, 4.69) is 22.9 Å². The van der Waals surface area contributed by atoms with E-state index in [4.69, 9.17) is 4.74 Å². The SMILES string of the molecule is COCC(=O)N1CCN(C(C)c2cccnc2)CC1. The highest BCUT2D eigenvalue weighted by molar-refractivity contribution is 5.77. The van der Waals surface area contributed by atoms with Gasteiger partial charge in [0.05, 0.1) is 0 Å². The van der Waals surface area contributed by atoms with E-state index in [1.165, 1.54) is 5.56 Å². The Hall–Kier alpha value is -1.46. The molecule has 104 valence electrons. The molecule has 1 aliphatic rings. The number of rotatable bonds is 4. The third-order valence-electron chi connectivity index (χ3n) is 3.65. The molecule has 1 unspecified atom stereocenters. The van der Waals surface area contributed by atoms with Crippen LogP contribution in [0.4, 0.5) is 0 Å². The monoisotopic (exact) mass is 263 g/mol. The highest BCUT2D eigenvalue weighted by atomic mass is 16.5. The third-order valence-corrected chi connectivity index (χ3v) is 3.65. The average molecular weight is 263 g/mol. The maximum Gasteiger partial charge on any atom is 0.248 e. The molecule has 0 aliphatic carbocycles. The Bertz CT molecular complexity index is 402. The minimum atomic E-state index is 0.0798. The van der Waals surface area contributed by atoms with Crippen LogP contribution in [0.3, 0.4) is 0 Å². The molecule has 1 aliphatic heterocycles. The molecular formula is C14H21N3O2. The van der Waals surface area contributed by atoms with E-state index < -0.39 is 0 Å². The fourth-order valence-corrected chi connectivity index (χ4v) is 2.41. The van der Waals surface area contributed by atoms with Crippen LogP contribution in [0.25, 0.3) is 0 Å². The molecule has 1 saturated heterocycles. The number of piperazine rings is 1. The molecule has 0 radical (unpaired) electrons. The number of hydrogen-bond acceptors (Lipinski definition) is 4. The van der Waals surface area contributed by atoms with Crippen molar-refractivity contribution in [2.75, 3.05) is 39.9 Å². The van der Waals surface area contributed by atoms with E-state index in [-0.39, 0.29) is 12.5 Å². The van der Waals surface area contributed by atoms with E-state index in [1.54, 1.807) is 13.3 Å². The first-order valence-electron chi connectivity index (χ1n) is 6.63. The number of carbonyl (C=O) groups is 1. The molecule has 0 aromatic carbocycles. The fraction of sp³-hybridized carbons (Fsp3) is 0.571. The van der Waals surface area contributed by atoms with Crippen molar-refractivity contribution < 1.29 is 9.53 Å². The number of pyridine rings is 1. The predicted octanol–water partition coefficient (Wildman–Crippen LogP) is 0.933. The van der Waals surface area contributed by atoms with Crippen molar-refractivity contribution in [3.63, 3.8) is 0 Å². The van der Waals surface area contributed by atoms with Crippen molar-refractivity contribution in [3.8, 4) is 0 Å². The number of ether oxygens (including phenoxy) is 1. The van der Waals surface area contributed by atoms with Gasteiger partial charge in [-0.2, -0.15) is 0 Å². The molecule has 0 saturated carbocycles. The summed E-state index contributed by atoms with van der Waals surface area (Å²) in [5, 5.41) is 0. The fourth-order valence-electron chi connectivity index (χ4n) is 2.41. The molecule has 0 bridgehead atoms. The van der Waals surface area contributed by atoms with Gasteiger partial charge in [-0.05, 0) is 18.6 Å². The molecule has 1 atom stereocenters. The highest BCUT2D eigenvalue weighted by Crippen LogP contribution is 2.20. The largest absolute Gasteiger partial charge is 0.375 e. The van der Waals surface area contributed by atoms with Gasteiger partial charge in [0.2, 0.25) is 5.91 Å². The van der Waals surface area contributed by atoms with Gasteiger partial charge in [0.25, 0.3) is 0 Å². The quantitative estimate of drug-likeness (QED) is 0.811. The van der Waals surface area contributed by atoms with Crippen LogP contribution in [0.5, 0.6) is 0 Å². The molecule has 0 N–H and O–H groups in total. The maximum absolute atomic E-state index is 11.7. The number of methoxy groups -OCH3 is 1. The number of nitrogens with zero attached hydrogens (tertiary/aromatic N) is 3. The lowest BCUT2D eigenvalue weighted by molar-refractivity contribution is -0.137. The maximum atomic E-state index is 11.7. The molecule has 1 aromatic rings. The van der Waals surface area contributed by atoms with E-state index in [0.717, 1.165) is 26.2 Å². The van der Waals surface area contributed by atoms with Gasteiger partial charge < -0.3 is 9.64 Å². The summed E-state index contributed by atoms with van der Waals surface area (Å²) >= 11 is 0. The highest BCUT2D eigenvalue weighted by Gasteiger charge is 2.24. The lowest BCUT2D eigenvalue weighted by Crippen LogP contribution is -2.50. The lowest BCUT2D eigenvalue weighted by Gasteiger charge is -2.38. The predicted molar refractivity (Wildman–Crippen MR) is 72.7 cm³/mol. The standard InChI is InChI=1S/C14H21N3O2/c1-12(13-4-3-5-15-10-13)16-6-8-17(9-7-16)14(18)11-19-2/h3-5,10,12H,6-9,11H2,1-2H3. The van der Waals surface area contributed by atoms with Crippen LogP contribution in [0.2, 0.25) is 0 Å². The Morgan fingerprint density at radius 3 is 2.74 bits per heavy atom. The first kappa shape index (κ1) is 14.0. The smallest absolute Gasteiger partial charge is 0.248 e. The zero-order chi connectivity index (χ0) is 13.7. The van der Waals surface area contributed by atoms with Crippen molar-refractivity contribution in [1.82, 2.24) is 14.8 Å². The second-order valence-electron chi connectivity index (χ2n) is 4.81. The Morgan fingerprint density at radius 1 is 1.42 bits per heavy atom. The minimum Gasteiger partial charge on any atom is -0.375 e. The Balaban J connectivity index is 1.88. The Morgan fingerprint density at radius 2 is 2.16 bits per heavy atom. The second kappa shape index (κ2) is 6.63. The summed E-state index contributed by atoms with van der Waals surface area (Å²) in [6, 6.07) is 4.40. The molecule has 19 heavy (non-hydrogen) atoms. The number of carbonyl (C=O) groups excluding carboxylic acids is 1. The number of hydrogen-bond donors (Lipinski definition) is 0. The van der Waals surface area contributed by atoms with Gasteiger partial charge in [-0.25, -0.2) is 0 Å². The summed E-state index contributed by atoms with van der Waals surface area (Å²) in [7, 11) is 1.55. The molecule has 1 amide bonds. The number of aromatic nitrogens is 1. The van der Waals surface area contributed by atoms with E-state index in [1.807, 2.05) is 17.2 Å². The Labute approximate surface area is 114 Å². The molecule has 2 rings (SSSR count). The van der Waals surface area contributed by atoms with Crippen LogP contribution in [0.15, 0.2) is 24.5 Å². The summed E-state index contributed by atoms with van der Waals surface area (Å²) < 4.78 is 4.89. The van der Waals surface area contributed by atoms with Gasteiger partial charge in [0, 0.05) is 51.7 Å². The molecule has 0 spiro atoms. The third kappa shape index (κ3) is 3.52. The van der Waals surface area contributed by atoms with Crippen LogP contribution in [-0.4, -0.2) is 60.6 Å². The number of amides is 1. The average Bonchev–Trinajstić information content (AvgIpc) is 2.48. The van der Waals surface area contributed by atoms with Crippen molar-refractivity contribution in [2.45, 2.75) is 13.0 Å². The van der Waals surface area contributed by atoms with Gasteiger partial charge >= 0.3 is 0 Å². The first-order chi connectivity index (χ1) is 9.22. The van der Waals surface area contributed by atoms with Crippen molar-refractivity contribution in [3.05, 3.63) is 30.1 Å². The summed E-state index contributed by atoms with van der Waals surface area (Å²) in [5.74, 6) is 0.0798. The molecule has 5 nitrogen and oxygen atoms in total. The van der Waals surface area contributed by atoms with E-state index in [9.17, 15) is 4.79 Å². The zero-order valence-electron chi connectivity index (χ0n) is 11.6. The van der Waals surface area contributed by atoms with Gasteiger partial charge in [-0.15, -0.1) is 0 Å². The molecule has 2 heterocycles. The minimum absolute atomic E-state index is 0.0798. The van der Waals surface area contributed by atoms with Crippen LogP contribution < -0.4 is 0 Å². The van der Waals surface area contributed by atoms with Gasteiger partial charge in [-0.3, -0.25) is 14.7 Å². The summed E-state index contributed by atoms with van der Waals surface area (Å²) in [4.78, 5) is 20.1. The second-order valence-corrected chi connectivity index (χ2v) is 4.81. The molecule has 1 aromatic heterocycles. The topological polar surface area (TPSA) is 45.7 Å². The van der Waals surface area contributed by atoms with Crippen LogP contribution >= 0.6 is 0 Å². The van der Waals surface area contributed by atoms with Crippen molar-refractivity contribution in [1.29, 1.82) is 0 Å². The molecule has 1 fully saturated rings. The molecule has 5 heteroatoms. The van der Waals surface area contributed by atoms with E-state index >= 15 is 0 Å².